The van der Waals surface area contributed by atoms with E-state index in [-0.39, 0.29) is 36.5 Å². The SMILES string of the molecule is CN(CCCO)C(=O)c1coc(COc2cccc(F)c2F)n1. The largest absolute Gasteiger partial charge is 0.481 e. The number of rotatable bonds is 7. The molecule has 124 valence electrons. The molecular weight excluding hydrogens is 310 g/mol. The highest BCUT2D eigenvalue weighted by molar-refractivity contribution is 5.91. The third-order valence-corrected chi connectivity index (χ3v) is 3.04. The maximum absolute atomic E-state index is 13.4. The van der Waals surface area contributed by atoms with Crippen LogP contribution in [-0.2, 0) is 6.61 Å². The lowest BCUT2D eigenvalue weighted by molar-refractivity contribution is 0.0780. The summed E-state index contributed by atoms with van der Waals surface area (Å²) in [5.41, 5.74) is 0.0729. The van der Waals surface area contributed by atoms with Gasteiger partial charge in [0, 0.05) is 20.2 Å². The molecule has 0 aliphatic carbocycles. The highest BCUT2D eigenvalue weighted by Crippen LogP contribution is 2.20. The van der Waals surface area contributed by atoms with Crippen molar-refractivity contribution >= 4 is 5.91 Å². The molecular formula is C15H16F2N2O4. The molecule has 0 spiro atoms. The number of amides is 1. The first-order chi connectivity index (χ1) is 11.0. The van der Waals surface area contributed by atoms with Gasteiger partial charge in [-0.15, -0.1) is 0 Å². The van der Waals surface area contributed by atoms with E-state index >= 15 is 0 Å². The second kappa shape index (κ2) is 7.68. The first kappa shape index (κ1) is 16.9. The fraction of sp³-hybridized carbons (Fsp3) is 0.333. The van der Waals surface area contributed by atoms with Crippen LogP contribution in [0.25, 0.3) is 0 Å². The molecule has 1 amide bonds. The molecule has 0 saturated heterocycles. The highest BCUT2D eigenvalue weighted by Gasteiger charge is 2.17. The Balaban J connectivity index is 1.97. The third-order valence-electron chi connectivity index (χ3n) is 3.04. The first-order valence-electron chi connectivity index (χ1n) is 6.90. The van der Waals surface area contributed by atoms with Crippen LogP contribution in [-0.4, -0.2) is 41.1 Å². The molecule has 1 N–H and O–H groups in total. The summed E-state index contributed by atoms with van der Waals surface area (Å²) in [6.07, 6.45) is 1.62. The van der Waals surface area contributed by atoms with Crippen molar-refractivity contribution in [1.82, 2.24) is 9.88 Å². The van der Waals surface area contributed by atoms with Crippen molar-refractivity contribution in [1.29, 1.82) is 0 Å². The van der Waals surface area contributed by atoms with Gasteiger partial charge in [0.2, 0.25) is 11.7 Å². The van der Waals surface area contributed by atoms with Crippen LogP contribution in [0.2, 0.25) is 0 Å². The van der Waals surface area contributed by atoms with E-state index in [1.165, 1.54) is 23.3 Å². The molecule has 0 aliphatic heterocycles. The fourth-order valence-electron chi connectivity index (χ4n) is 1.82. The number of halogens is 2. The third kappa shape index (κ3) is 4.26. The normalized spacial score (nSPS) is 10.6. The maximum atomic E-state index is 13.4. The standard InChI is InChI=1S/C15H16F2N2O4/c1-19(6-3-7-20)15(21)11-8-23-13(18-11)9-22-12-5-2-4-10(16)14(12)17/h2,4-5,8,20H,3,6-7,9H2,1H3. The number of ether oxygens (including phenoxy) is 1. The summed E-state index contributed by atoms with van der Waals surface area (Å²) in [4.78, 5) is 17.3. The monoisotopic (exact) mass is 326 g/mol. The average Bonchev–Trinajstić information content (AvgIpc) is 3.02. The topological polar surface area (TPSA) is 75.8 Å². The summed E-state index contributed by atoms with van der Waals surface area (Å²) in [6.45, 7) is 0.116. The van der Waals surface area contributed by atoms with Gasteiger partial charge in [-0.3, -0.25) is 4.79 Å². The van der Waals surface area contributed by atoms with Crippen LogP contribution >= 0.6 is 0 Å². The van der Waals surface area contributed by atoms with Crippen molar-refractivity contribution in [2.75, 3.05) is 20.2 Å². The highest BCUT2D eigenvalue weighted by atomic mass is 19.2. The molecule has 0 aliphatic rings. The molecule has 0 bridgehead atoms. The zero-order valence-electron chi connectivity index (χ0n) is 12.5. The zero-order valence-corrected chi connectivity index (χ0v) is 12.5. The number of benzene rings is 1. The predicted octanol–water partition coefficient (Wildman–Crippen LogP) is 1.99. The number of aromatic nitrogens is 1. The van der Waals surface area contributed by atoms with Crippen LogP contribution in [0.5, 0.6) is 5.75 Å². The van der Waals surface area contributed by atoms with E-state index in [1.807, 2.05) is 0 Å². The molecule has 1 aromatic carbocycles. The van der Waals surface area contributed by atoms with Gasteiger partial charge in [-0.05, 0) is 18.6 Å². The maximum Gasteiger partial charge on any atom is 0.275 e. The van der Waals surface area contributed by atoms with E-state index in [1.54, 1.807) is 7.05 Å². The first-order valence-corrected chi connectivity index (χ1v) is 6.90. The lowest BCUT2D eigenvalue weighted by Gasteiger charge is -2.14. The molecule has 0 atom stereocenters. The van der Waals surface area contributed by atoms with Gasteiger partial charge in [0.15, 0.2) is 23.9 Å². The Kier molecular flexibility index (Phi) is 5.64. The van der Waals surface area contributed by atoms with Gasteiger partial charge < -0.3 is 19.2 Å². The van der Waals surface area contributed by atoms with Gasteiger partial charge in [-0.25, -0.2) is 9.37 Å². The van der Waals surface area contributed by atoms with Crippen molar-refractivity contribution < 1.29 is 27.8 Å². The van der Waals surface area contributed by atoms with Crippen LogP contribution in [0.3, 0.4) is 0 Å². The van der Waals surface area contributed by atoms with Gasteiger partial charge in [0.05, 0.1) is 0 Å². The molecule has 1 heterocycles. The van der Waals surface area contributed by atoms with Crippen LogP contribution in [0.1, 0.15) is 22.8 Å². The van der Waals surface area contributed by atoms with Gasteiger partial charge >= 0.3 is 0 Å². The van der Waals surface area contributed by atoms with Gasteiger partial charge in [-0.1, -0.05) is 6.07 Å². The minimum atomic E-state index is -1.10. The quantitative estimate of drug-likeness (QED) is 0.842. The molecule has 0 radical (unpaired) electrons. The molecule has 6 nitrogen and oxygen atoms in total. The van der Waals surface area contributed by atoms with Gasteiger partial charge in [0.25, 0.3) is 5.91 Å². The number of hydrogen-bond donors (Lipinski definition) is 1. The van der Waals surface area contributed by atoms with Crippen molar-refractivity contribution in [3.8, 4) is 5.75 Å². The molecule has 2 aromatic rings. The number of oxazole rings is 1. The molecule has 0 saturated carbocycles. The van der Waals surface area contributed by atoms with E-state index in [4.69, 9.17) is 14.3 Å². The van der Waals surface area contributed by atoms with E-state index in [2.05, 4.69) is 4.98 Å². The van der Waals surface area contributed by atoms with Crippen molar-refractivity contribution in [2.45, 2.75) is 13.0 Å². The van der Waals surface area contributed by atoms with Crippen LogP contribution < -0.4 is 4.74 Å². The Labute approximate surface area is 131 Å². The van der Waals surface area contributed by atoms with Gasteiger partial charge in [-0.2, -0.15) is 4.39 Å². The number of nitrogens with zero attached hydrogens (tertiary/aromatic N) is 2. The minimum Gasteiger partial charge on any atom is -0.481 e. The Bertz CT molecular complexity index is 675. The summed E-state index contributed by atoms with van der Waals surface area (Å²) in [5, 5.41) is 8.75. The molecule has 2 rings (SSSR count). The second-order valence-corrected chi connectivity index (χ2v) is 4.77. The summed E-state index contributed by atoms with van der Waals surface area (Å²) < 4.78 is 36.6. The van der Waals surface area contributed by atoms with Crippen LogP contribution in [0.4, 0.5) is 8.78 Å². The number of carbonyl (C=O) groups excluding carboxylic acids is 1. The molecule has 1 aromatic heterocycles. The number of carbonyl (C=O) groups is 1. The lowest BCUT2D eigenvalue weighted by Crippen LogP contribution is -2.28. The minimum absolute atomic E-state index is 0.0191. The number of hydrogen-bond acceptors (Lipinski definition) is 5. The Hall–Kier alpha value is -2.48. The number of aliphatic hydroxyl groups is 1. The van der Waals surface area contributed by atoms with Crippen LogP contribution in [0.15, 0.2) is 28.9 Å². The van der Waals surface area contributed by atoms with Crippen molar-refractivity contribution in [3.63, 3.8) is 0 Å². The molecule has 0 unspecified atom stereocenters. The van der Waals surface area contributed by atoms with E-state index in [9.17, 15) is 13.6 Å². The summed E-state index contributed by atoms with van der Waals surface area (Å²) >= 11 is 0. The average molecular weight is 326 g/mol. The zero-order chi connectivity index (χ0) is 16.8. The van der Waals surface area contributed by atoms with Crippen LogP contribution in [0, 0.1) is 11.6 Å². The van der Waals surface area contributed by atoms with E-state index in [0.717, 1.165) is 6.07 Å². The smallest absolute Gasteiger partial charge is 0.275 e. The molecule has 0 fully saturated rings. The summed E-state index contributed by atoms with van der Waals surface area (Å²) in [6, 6.07) is 3.57. The molecule has 8 heteroatoms. The Morgan fingerprint density at radius 1 is 1.43 bits per heavy atom. The Morgan fingerprint density at radius 3 is 2.96 bits per heavy atom. The van der Waals surface area contributed by atoms with E-state index < -0.39 is 11.6 Å². The number of aliphatic hydroxyl groups excluding tert-OH is 1. The molecule has 23 heavy (non-hydrogen) atoms. The predicted molar refractivity (Wildman–Crippen MR) is 75.9 cm³/mol. The van der Waals surface area contributed by atoms with E-state index in [0.29, 0.717) is 13.0 Å². The Morgan fingerprint density at radius 2 is 2.22 bits per heavy atom. The summed E-state index contributed by atoms with van der Waals surface area (Å²) in [7, 11) is 1.57. The fourth-order valence-corrected chi connectivity index (χ4v) is 1.82. The van der Waals surface area contributed by atoms with Crippen molar-refractivity contribution in [3.05, 3.63) is 47.7 Å². The summed E-state index contributed by atoms with van der Waals surface area (Å²) in [5.74, 6) is -2.69. The van der Waals surface area contributed by atoms with Gasteiger partial charge in [0.1, 0.15) is 6.26 Å². The second-order valence-electron chi connectivity index (χ2n) is 4.77. The lowest BCUT2D eigenvalue weighted by atomic mass is 10.3. The van der Waals surface area contributed by atoms with Crippen molar-refractivity contribution in [2.24, 2.45) is 0 Å².